The number of amides is 1. The number of nitro groups is 1. The first kappa shape index (κ1) is 20.9. The van der Waals surface area contributed by atoms with Crippen LogP contribution >= 0.6 is 23.2 Å². The summed E-state index contributed by atoms with van der Waals surface area (Å²) in [7, 11) is 0. The summed E-state index contributed by atoms with van der Waals surface area (Å²) in [5, 5.41) is 27.3. The van der Waals surface area contributed by atoms with Crippen LogP contribution in [0.15, 0.2) is 30.3 Å². The number of aromatic nitrogens is 1. The monoisotopic (exact) mass is 439 g/mol. The van der Waals surface area contributed by atoms with Crippen LogP contribution < -0.4 is 10.6 Å². The van der Waals surface area contributed by atoms with E-state index in [2.05, 4.69) is 15.6 Å². The molecule has 3 N–H and O–H groups in total. The van der Waals surface area contributed by atoms with Crippen molar-refractivity contribution in [2.45, 2.75) is 13.0 Å². The second-order valence-corrected chi connectivity index (χ2v) is 7.45. The van der Waals surface area contributed by atoms with Crippen LogP contribution in [0.3, 0.4) is 0 Å². The van der Waals surface area contributed by atoms with Crippen molar-refractivity contribution in [3.05, 3.63) is 56.1 Å². The fourth-order valence-corrected chi connectivity index (χ4v) is 3.65. The highest BCUT2D eigenvalue weighted by Crippen LogP contribution is 2.28. The van der Waals surface area contributed by atoms with Crippen LogP contribution in [-0.4, -0.2) is 45.6 Å². The number of likely N-dealkylation sites (tertiary alicyclic amines) is 1. The summed E-state index contributed by atoms with van der Waals surface area (Å²) < 4.78 is 0. The maximum Gasteiger partial charge on any atom is 0.407 e. The zero-order valence-electron chi connectivity index (χ0n) is 15.3. The lowest BCUT2D eigenvalue weighted by Crippen LogP contribution is -2.28. The van der Waals surface area contributed by atoms with E-state index >= 15 is 0 Å². The zero-order chi connectivity index (χ0) is 21.0. The smallest absolute Gasteiger partial charge is 0.407 e. The van der Waals surface area contributed by atoms with Crippen molar-refractivity contribution in [2.75, 3.05) is 30.3 Å². The molecule has 1 aliphatic rings. The minimum Gasteiger partial charge on any atom is -0.465 e. The molecule has 29 heavy (non-hydrogen) atoms. The van der Waals surface area contributed by atoms with E-state index in [4.69, 9.17) is 28.3 Å². The van der Waals surface area contributed by atoms with Crippen LogP contribution in [0.1, 0.15) is 12.0 Å². The Labute approximate surface area is 176 Å². The Morgan fingerprint density at radius 1 is 1.28 bits per heavy atom. The molecule has 11 heteroatoms. The number of halogens is 2. The average molecular weight is 440 g/mol. The first-order valence-corrected chi connectivity index (χ1v) is 9.64. The van der Waals surface area contributed by atoms with Gasteiger partial charge in [-0.05, 0) is 30.5 Å². The minimum absolute atomic E-state index is 0.0922. The molecule has 9 nitrogen and oxygen atoms in total. The van der Waals surface area contributed by atoms with Gasteiger partial charge in [0.15, 0.2) is 0 Å². The van der Waals surface area contributed by atoms with Crippen molar-refractivity contribution < 1.29 is 14.8 Å². The van der Waals surface area contributed by atoms with E-state index in [-0.39, 0.29) is 24.0 Å². The van der Waals surface area contributed by atoms with Crippen molar-refractivity contribution in [1.29, 1.82) is 0 Å². The second kappa shape index (κ2) is 9.15. The minimum atomic E-state index is -0.925. The van der Waals surface area contributed by atoms with Crippen LogP contribution in [0, 0.1) is 16.0 Å². The fraction of sp³-hybridized carbons (Fsp3) is 0.333. The van der Waals surface area contributed by atoms with Gasteiger partial charge >= 0.3 is 11.8 Å². The number of nitrogens with one attached hydrogen (secondary N) is 2. The first-order chi connectivity index (χ1) is 13.8. The van der Waals surface area contributed by atoms with Gasteiger partial charge in [-0.1, -0.05) is 29.3 Å². The Hall–Kier alpha value is -2.78. The summed E-state index contributed by atoms with van der Waals surface area (Å²) in [5.74, 6) is 0.702. The normalized spacial score (nSPS) is 15.9. The Morgan fingerprint density at radius 2 is 2.00 bits per heavy atom. The van der Waals surface area contributed by atoms with E-state index in [0.717, 1.165) is 6.42 Å². The number of pyridine rings is 1. The third-order valence-corrected chi connectivity index (χ3v) is 5.40. The summed E-state index contributed by atoms with van der Waals surface area (Å²) >= 11 is 12.3. The number of nitrogens with zero attached hydrogens (tertiary/aromatic N) is 3. The predicted molar refractivity (Wildman–Crippen MR) is 111 cm³/mol. The first-order valence-electron chi connectivity index (χ1n) is 8.89. The summed E-state index contributed by atoms with van der Waals surface area (Å²) in [6.07, 6.45) is -0.173. The van der Waals surface area contributed by atoms with Crippen molar-refractivity contribution >= 4 is 46.6 Å². The summed E-state index contributed by atoms with van der Waals surface area (Å²) in [6, 6.07) is 7.98. The molecule has 1 aromatic carbocycles. The molecule has 0 radical (unpaired) electrons. The van der Waals surface area contributed by atoms with Gasteiger partial charge < -0.3 is 20.6 Å². The van der Waals surface area contributed by atoms with E-state index in [1.807, 2.05) is 0 Å². The predicted octanol–water partition coefficient (Wildman–Crippen LogP) is 4.32. The molecule has 0 bridgehead atoms. The van der Waals surface area contributed by atoms with Gasteiger partial charge in [-0.3, -0.25) is 10.1 Å². The molecule has 1 amide bonds. The Morgan fingerprint density at radius 3 is 2.62 bits per heavy atom. The molecule has 0 aliphatic carbocycles. The number of hydrogen-bond donors (Lipinski definition) is 3. The summed E-state index contributed by atoms with van der Waals surface area (Å²) in [4.78, 5) is 27.5. The molecule has 1 atom stereocenters. The number of hydrogen-bond acceptors (Lipinski definition) is 6. The second-order valence-electron chi connectivity index (χ2n) is 6.64. The van der Waals surface area contributed by atoms with Gasteiger partial charge in [0.2, 0.25) is 5.82 Å². The van der Waals surface area contributed by atoms with Gasteiger partial charge in [-0.2, -0.15) is 0 Å². The molecule has 0 spiro atoms. The molecule has 1 unspecified atom stereocenters. The lowest BCUT2D eigenvalue weighted by atomic mass is 10.1. The number of benzene rings is 1. The lowest BCUT2D eigenvalue weighted by Gasteiger charge is -2.14. The Kier molecular flexibility index (Phi) is 6.60. The average Bonchev–Trinajstić information content (AvgIpc) is 3.15. The fourth-order valence-electron chi connectivity index (χ4n) is 3.12. The molecule has 2 heterocycles. The van der Waals surface area contributed by atoms with E-state index in [0.29, 0.717) is 41.1 Å². The topological polar surface area (TPSA) is 121 Å². The van der Waals surface area contributed by atoms with Gasteiger partial charge in [-0.25, -0.2) is 9.78 Å². The van der Waals surface area contributed by atoms with Crippen molar-refractivity contribution in [1.82, 2.24) is 9.88 Å². The summed E-state index contributed by atoms with van der Waals surface area (Å²) in [6.45, 7) is 1.64. The third kappa shape index (κ3) is 5.18. The van der Waals surface area contributed by atoms with Crippen molar-refractivity contribution in [3.63, 3.8) is 0 Å². The van der Waals surface area contributed by atoms with Crippen molar-refractivity contribution in [2.24, 2.45) is 5.92 Å². The standard InChI is InChI=1S/C18H19Cl2N5O4/c19-13-2-1-3-14(20)12(13)9-22-17-15(25(28)29)4-5-16(23-17)21-8-11-6-7-24(10-11)18(26)27/h1-5,11H,6-10H2,(H,26,27)(H2,21,22,23). The van der Waals surface area contributed by atoms with Crippen LogP contribution in [-0.2, 0) is 6.54 Å². The Bertz CT molecular complexity index is 907. The van der Waals surface area contributed by atoms with Gasteiger partial charge in [-0.15, -0.1) is 0 Å². The molecule has 1 aromatic heterocycles. The quantitative estimate of drug-likeness (QED) is 0.433. The van der Waals surface area contributed by atoms with Gasteiger partial charge in [0.1, 0.15) is 5.82 Å². The molecule has 1 fully saturated rings. The molecule has 1 saturated heterocycles. The molecular weight excluding hydrogens is 421 g/mol. The van der Waals surface area contributed by atoms with E-state index in [1.165, 1.54) is 17.0 Å². The maximum absolute atomic E-state index is 11.3. The highest BCUT2D eigenvalue weighted by atomic mass is 35.5. The lowest BCUT2D eigenvalue weighted by molar-refractivity contribution is -0.384. The van der Waals surface area contributed by atoms with Gasteiger partial charge in [0.05, 0.1) is 4.92 Å². The molecule has 154 valence electrons. The Balaban J connectivity index is 1.69. The van der Waals surface area contributed by atoms with Crippen LogP contribution in [0.2, 0.25) is 10.0 Å². The van der Waals surface area contributed by atoms with E-state index in [1.54, 1.807) is 18.2 Å². The van der Waals surface area contributed by atoms with E-state index in [9.17, 15) is 14.9 Å². The third-order valence-electron chi connectivity index (χ3n) is 4.69. The van der Waals surface area contributed by atoms with Gasteiger partial charge in [0, 0.05) is 47.9 Å². The molecule has 2 aromatic rings. The molecule has 1 aliphatic heterocycles. The zero-order valence-corrected chi connectivity index (χ0v) is 16.8. The van der Waals surface area contributed by atoms with Crippen molar-refractivity contribution in [3.8, 4) is 0 Å². The van der Waals surface area contributed by atoms with Gasteiger partial charge in [0.25, 0.3) is 0 Å². The number of carboxylic acid groups (broad SMARTS) is 1. The largest absolute Gasteiger partial charge is 0.465 e. The molecule has 0 saturated carbocycles. The van der Waals surface area contributed by atoms with Crippen LogP contribution in [0.4, 0.5) is 22.1 Å². The number of rotatable bonds is 7. The highest BCUT2D eigenvalue weighted by Gasteiger charge is 2.26. The summed E-state index contributed by atoms with van der Waals surface area (Å²) in [5.41, 5.74) is 0.446. The van der Waals surface area contributed by atoms with E-state index < -0.39 is 11.0 Å². The maximum atomic E-state index is 11.3. The van der Waals surface area contributed by atoms with Crippen LogP contribution in [0.25, 0.3) is 0 Å². The van der Waals surface area contributed by atoms with Crippen LogP contribution in [0.5, 0.6) is 0 Å². The molecular formula is C18H19Cl2N5O4. The molecule has 3 rings (SSSR count). The highest BCUT2D eigenvalue weighted by molar-refractivity contribution is 6.36. The number of anilines is 2. The number of carbonyl (C=O) groups is 1. The SMILES string of the molecule is O=C(O)N1CCC(CNc2ccc([N+](=O)[O-])c(NCc3c(Cl)cccc3Cl)n2)C1.